The summed E-state index contributed by atoms with van der Waals surface area (Å²) in [5, 5.41) is 0.634. The number of amides is 1. The second-order valence-electron chi connectivity index (χ2n) is 4.65. The van der Waals surface area contributed by atoms with Crippen LogP contribution in [0.1, 0.15) is 11.1 Å². The SMILES string of the molecule is CN1C(=O)CN=C(c2ccccc2)c2cc(Cl)ccc21.[Ag]. The van der Waals surface area contributed by atoms with Crippen LogP contribution in [0.5, 0.6) is 0 Å². The molecule has 1 heterocycles. The predicted molar refractivity (Wildman–Crippen MR) is 81.8 cm³/mol. The summed E-state index contributed by atoms with van der Waals surface area (Å²) in [5.74, 6) is -0.0282. The van der Waals surface area contributed by atoms with Crippen LogP contribution in [0.4, 0.5) is 5.69 Å². The molecule has 0 saturated carbocycles. The maximum atomic E-state index is 12.0. The van der Waals surface area contributed by atoms with Gasteiger partial charge in [0.2, 0.25) is 5.91 Å². The van der Waals surface area contributed by atoms with Crippen molar-refractivity contribution in [2.45, 2.75) is 0 Å². The summed E-state index contributed by atoms with van der Waals surface area (Å²) in [6.45, 7) is 0.146. The van der Waals surface area contributed by atoms with Crippen LogP contribution in [-0.4, -0.2) is 25.2 Å². The summed E-state index contributed by atoms with van der Waals surface area (Å²) < 4.78 is 0. The smallest absolute Gasteiger partial charge is 0.248 e. The van der Waals surface area contributed by atoms with Crippen LogP contribution in [0, 0.1) is 0 Å². The Morgan fingerprint density at radius 2 is 1.86 bits per heavy atom. The molecule has 0 aliphatic carbocycles. The number of fused-ring (bicyclic) bond motifs is 1. The number of benzodiazepines with no additional fused rings is 1. The van der Waals surface area contributed by atoms with Crippen LogP contribution in [-0.2, 0) is 27.2 Å². The van der Waals surface area contributed by atoms with Gasteiger partial charge in [0.25, 0.3) is 0 Å². The zero-order valence-electron chi connectivity index (χ0n) is 11.3. The van der Waals surface area contributed by atoms with Crippen molar-refractivity contribution in [3.63, 3.8) is 0 Å². The Labute approximate surface area is 144 Å². The Morgan fingerprint density at radius 3 is 2.57 bits per heavy atom. The van der Waals surface area contributed by atoms with Crippen LogP contribution in [0.2, 0.25) is 5.02 Å². The fraction of sp³-hybridized carbons (Fsp3) is 0.125. The number of halogens is 1. The molecule has 0 aromatic heterocycles. The number of hydrogen-bond acceptors (Lipinski definition) is 2. The van der Waals surface area contributed by atoms with Crippen molar-refractivity contribution in [3.05, 3.63) is 64.7 Å². The molecular weight excluding hydrogens is 380 g/mol. The van der Waals surface area contributed by atoms with Crippen molar-refractivity contribution in [3.8, 4) is 0 Å². The minimum Gasteiger partial charge on any atom is -0.313 e. The number of benzene rings is 2. The Kier molecular flexibility index (Phi) is 5.01. The van der Waals surface area contributed by atoms with Crippen molar-refractivity contribution >= 4 is 28.9 Å². The molecule has 0 N–H and O–H groups in total. The van der Waals surface area contributed by atoms with Gasteiger partial charge >= 0.3 is 0 Å². The molecule has 0 bridgehead atoms. The van der Waals surface area contributed by atoms with E-state index in [9.17, 15) is 4.79 Å². The second kappa shape index (κ2) is 6.58. The number of carbonyl (C=O) groups is 1. The van der Waals surface area contributed by atoms with Crippen molar-refractivity contribution in [2.24, 2.45) is 4.99 Å². The van der Waals surface area contributed by atoms with Gasteiger partial charge in [0.15, 0.2) is 0 Å². The van der Waals surface area contributed by atoms with E-state index in [2.05, 4.69) is 4.99 Å². The first kappa shape index (κ1) is 16.0. The third kappa shape index (κ3) is 3.11. The van der Waals surface area contributed by atoms with Gasteiger partial charge in [-0.05, 0) is 18.2 Å². The summed E-state index contributed by atoms with van der Waals surface area (Å²) in [6.07, 6.45) is 0. The largest absolute Gasteiger partial charge is 0.313 e. The predicted octanol–water partition coefficient (Wildman–Crippen LogP) is 3.15. The van der Waals surface area contributed by atoms with Crippen LogP contribution in [0.15, 0.2) is 53.5 Å². The Hall–Kier alpha value is -1.39. The molecule has 0 unspecified atom stereocenters. The van der Waals surface area contributed by atoms with E-state index in [4.69, 9.17) is 11.6 Å². The maximum absolute atomic E-state index is 12.0. The number of rotatable bonds is 1. The first-order valence-corrected chi connectivity index (χ1v) is 6.71. The quantitative estimate of drug-likeness (QED) is 0.686. The van der Waals surface area contributed by atoms with Gasteiger partial charge in [-0.3, -0.25) is 9.79 Å². The van der Waals surface area contributed by atoms with Crippen LogP contribution in [0.3, 0.4) is 0 Å². The average molecular weight is 393 g/mol. The molecule has 111 valence electrons. The van der Waals surface area contributed by atoms with E-state index < -0.39 is 0 Å². The van der Waals surface area contributed by atoms with Crippen molar-refractivity contribution in [1.29, 1.82) is 0 Å². The fourth-order valence-corrected chi connectivity index (χ4v) is 2.48. The first-order chi connectivity index (χ1) is 9.66. The Balaban J connectivity index is 0.00000161. The summed E-state index contributed by atoms with van der Waals surface area (Å²) in [4.78, 5) is 18.1. The van der Waals surface area contributed by atoms with Gasteiger partial charge in [-0.1, -0.05) is 41.9 Å². The molecule has 21 heavy (non-hydrogen) atoms. The molecule has 1 amide bonds. The minimum absolute atomic E-state index is 0. The van der Waals surface area contributed by atoms with E-state index in [0.717, 1.165) is 22.5 Å². The molecule has 0 atom stereocenters. The van der Waals surface area contributed by atoms with E-state index in [1.165, 1.54) is 0 Å². The van der Waals surface area contributed by atoms with Gasteiger partial charge in [-0.2, -0.15) is 0 Å². The van der Waals surface area contributed by atoms with Gasteiger partial charge in [0.05, 0.1) is 11.4 Å². The van der Waals surface area contributed by atoms with Gasteiger partial charge in [-0.15, -0.1) is 0 Å². The number of nitrogens with zero attached hydrogens (tertiary/aromatic N) is 2. The summed E-state index contributed by atoms with van der Waals surface area (Å²) >= 11 is 6.11. The monoisotopic (exact) mass is 391 g/mol. The van der Waals surface area contributed by atoms with E-state index >= 15 is 0 Å². The summed E-state index contributed by atoms with van der Waals surface area (Å²) in [6, 6.07) is 15.3. The van der Waals surface area contributed by atoms with Crippen LogP contribution in [0.25, 0.3) is 0 Å². The third-order valence-electron chi connectivity index (χ3n) is 3.37. The molecule has 3 nitrogen and oxygen atoms in total. The summed E-state index contributed by atoms with van der Waals surface area (Å²) in [7, 11) is 1.76. The Morgan fingerprint density at radius 1 is 1.14 bits per heavy atom. The topological polar surface area (TPSA) is 32.7 Å². The molecule has 3 rings (SSSR count). The van der Waals surface area contributed by atoms with Crippen molar-refractivity contribution in [2.75, 3.05) is 18.5 Å². The number of anilines is 1. The number of likely N-dealkylation sites (N-methyl/N-ethyl adjacent to an activating group) is 1. The summed E-state index contributed by atoms with van der Waals surface area (Å²) in [5.41, 5.74) is 3.51. The molecule has 0 saturated heterocycles. The van der Waals surface area contributed by atoms with Gasteiger partial charge in [-0.25, -0.2) is 0 Å². The van der Waals surface area contributed by atoms with Crippen LogP contribution >= 0.6 is 11.6 Å². The van der Waals surface area contributed by atoms with E-state index in [1.54, 1.807) is 18.0 Å². The second-order valence-corrected chi connectivity index (χ2v) is 5.08. The molecule has 5 heteroatoms. The molecule has 1 aliphatic heterocycles. The normalized spacial score (nSPS) is 13.9. The molecule has 2 aromatic rings. The number of aliphatic imine (C=N–C) groups is 1. The van der Waals surface area contributed by atoms with E-state index in [0.29, 0.717) is 5.02 Å². The molecule has 1 aliphatic rings. The number of hydrogen-bond donors (Lipinski definition) is 0. The van der Waals surface area contributed by atoms with Crippen LogP contribution < -0.4 is 4.90 Å². The molecule has 2 aromatic carbocycles. The maximum Gasteiger partial charge on any atom is 0.248 e. The third-order valence-corrected chi connectivity index (χ3v) is 3.60. The average Bonchev–Trinajstić information content (AvgIpc) is 2.58. The molecule has 1 radical (unpaired) electrons. The zero-order chi connectivity index (χ0) is 14.1. The van der Waals surface area contributed by atoms with Gasteiger partial charge in [0.1, 0.15) is 6.54 Å². The van der Waals surface area contributed by atoms with Gasteiger partial charge in [0, 0.05) is 45.6 Å². The van der Waals surface area contributed by atoms with Crippen molar-refractivity contribution < 1.29 is 27.2 Å². The number of carbonyl (C=O) groups excluding carboxylic acids is 1. The fourth-order valence-electron chi connectivity index (χ4n) is 2.31. The van der Waals surface area contributed by atoms with E-state index in [1.807, 2.05) is 42.5 Å². The first-order valence-electron chi connectivity index (χ1n) is 6.33. The minimum atomic E-state index is -0.0282. The standard InChI is InChI=1S/C16H13ClN2O.Ag/c1-19-14-8-7-12(17)9-13(14)16(18-10-15(19)20)11-5-3-2-4-6-11;/h2-9H,10H2,1H3;. The van der Waals surface area contributed by atoms with Gasteiger partial charge < -0.3 is 4.90 Å². The molecule has 0 spiro atoms. The Bertz CT molecular complexity index is 701. The zero-order valence-corrected chi connectivity index (χ0v) is 13.5. The van der Waals surface area contributed by atoms with Crippen molar-refractivity contribution in [1.82, 2.24) is 0 Å². The molecular formula is C16H13AgClN2O. The van der Waals surface area contributed by atoms with E-state index in [-0.39, 0.29) is 34.8 Å². The molecule has 0 fully saturated rings.